The summed E-state index contributed by atoms with van der Waals surface area (Å²) in [4.78, 5) is 0. The molecule has 1 rings (SSSR count). The van der Waals surface area contributed by atoms with E-state index in [1.165, 1.54) is 12.3 Å². The minimum absolute atomic E-state index is 0.0718. The number of rotatable bonds is 4. The van der Waals surface area contributed by atoms with Crippen LogP contribution in [-0.4, -0.2) is 22.5 Å². The normalized spacial score (nSPS) is 12.4. The van der Waals surface area contributed by atoms with E-state index in [1.807, 2.05) is 6.92 Å². The fourth-order valence-electron chi connectivity index (χ4n) is 1.20. The van der Waals surface area contributed by atoms with Gasteiger partial charge in [0, 0.05) is 16.6 Å². The summed E-state index contributed by atoms with van der Waals surface area (Å²) in [6.45, 7) is 4.07. The predicted molar refractivity (Wildman–Crippen MR) is 84.3 cm³/mol. The van der Waals surface area contributed by atoms with Crippen molar-refractivity contribution in [1.82, 2.24) is 10.7 Å². The Morgan fingerprint density at radius 1 is 1.53 bits per heavy atom. The van der Waals surface area contributed by atoms with Crippen LogP contribution in [0.15, 0.2) is 17.2 Å². The summed E-state index contributed by atoms with van der Waals surface area (Å²) in [6.07, 6.45) is 2.36. The number of phenols is 1. The summed E-state index contributed by atoms with van der Waals surface area (Å²) in [5, 5.41) is 17.7. The maximum atomic E-state index is 9.71. The molecule has 3 N–H and O–H groups in total. The highest BCUT2D eigenvalue weighted by atomic mass is 35.5. The molecule has 1 aromatic rings. The molecule has 0 radical (unpaired) electrons. The van der Waals surface area contributed by atoms with Crippen molar-refractivity contribution in [1.29, 1.82) is 0 Å². The van der Waals surface area contributed by atoms with Crippen LogP contribution in [0, 0.1) is 0 Å². The van der Waals surface area contributed by atoms with Crippen LogP contribution >= 0.6 is 35.4 Å². The molecule has 1 atom stereocenters. The van der Waals surface area contributed by atoms with Gasteiger partial charge in [-0.2, -0.15) is 5.10 Å². The highest BCUT2D eigenvalue weighted by Crippen LogP contribution is 2.29. The maximum Gasteiger partial charge on any atom is 0.187 e. The molecule has 1 aromatic carbocycles. The number of halogens is 2. The van der Waals surface area contributed by atoms with Gasteiger partial charge >= 0.3 is 0 Å². The molecule has 0 unspecified atom stereocenters. The first-order valence-electron chi connectivity index (χ1n) is 5.71. The second kappa shape index (κ2) is 7.53. The number of aromatic hydroxyl groups is 1. The van der Waals surface area contributed by atoms with Crippen molar-refractivity contribution >= 4 is 46.7 Å². The minimum Gasteiger partial charge on any atom is -0.506 e. The molecule has 104 valence electrons. The topological polar surface area (TPSA) is 56.7 Å². The molecule has 7 heteroatoms. The Morgan fingerprint density at radius 2 is 2.21 bits per heavy atom. The molecule has 0 aliphatic rings. The van der Waals surface area contributed by atoms with E-state index in [0.717, 1.165) is 6.42 Å². The van der Waals surface area contributed by atoms with Gasteiger partial charge in [-0.1, -0.05) is 30.1 Å². The van der Waals surface area contributed by atoms with E-state index in [4.69, 9.17) is 35.4 Å². The van der Waals surface area contributed by atoms with Crippen molar-refractivity contribution in [2.75, 3.05) is 0 Å². The summed E-state index contributed by atoms with van der Waals surface area (Å²) >= 11 is 16.7. The van der Waals surface area contributed by atoms with Gasteiger partial charge in [0.2, 0.25) is 0 Å². The van der Waals surface area contributed by atoms with Gasteiger partial charge < -0.3 is 10.4 Å². The number of hydrogen-bond donors (Lipinski definition) is 3. The Hall–Kier alpha value is -1.04. The third-order valence-corrected chi connectivity index (χ3v) is 3.13. The number of benzene rings is 1. The van der Waals surface area contributed by atoms with Gasteiger partial charge in [-0.3, -0.25) is 5.43 Å². The van der Waals surface area contributed by atoms with Crippen molar-refractivity contribution in [3.8, 4) is 5.75 Å². The number of hydrazone groups is 1. The standard InChI is InChI=1S/C12H15Cl2N3OS/c1-3-7(2)16-12(19)17-15-6-8-4-9(13)5-10(14)11(8)18/h4-7,18H,3H2,1-2H3,(H2,16,17,19)/b15-6+/t7-/m0/s1. The van der Waals surface area contributed by atoms with Gasteiger partial charge in [-0.25, -0.2) is 0 Å². The average Bonchev–Trinajstić information content (AvgIpc) is 2.34. The van der Waals surface area contributed by atoms with Gasteiger partial charge in [-0.05, 0) is 37.7 Å². The van der Waals surface area contributed by atoms with Crippen molar-refractivity contribution in [2.24, 2.45) is 5.10 Å². The van der Waals surface area contributed by atoms with E-state index in [0.29, 0.717) is 15.7 Å². The second-order valence-electron chi connectivity index (χ2n) is 3.98. The van der Waals surface area contributed by atoms with Crippen LogP contribution in [0.4, 0.5) is 0 Å². The smallest absolute Gasteiger partial charge is 0.187 e. The first kappa shape index (κ1) is 16.0. The number of nitrogens with one attached hydrogen (secondary N) is 2. The molecule has 4 nitrogen and oxygen atoms in total. The van der Waals surface area contributed by atoms with Crippen LogP contribution in [0.25, 0.3) is 0 Å². The maximum absolute atomic E-state index is 9.71. The number of phenolic OH excluding ortho intramolecular Hbond substituents is 1. The zero-order valence-corrected chi connectivity index (χ0v) is 12.9. The van der Waals surface area contributed by atoms with Crippen LogP contribution in [-0.2, 0) is 0 Å². The van der Waals surface area contributed by atoms with Gasteiger partial charge in [0.05, 0.1) is 11.2 Å². The zero-order valence-electron chi connectivity index (χ0n) is 10.6. The second-order valence-corrected chi connectivity index (χ2v) is 5.23. The molecular weight excluding hydrogens is 305 g/mol. The minimum atomic E-state index is -0.0718. The fourth-order valence-corrected chi connectivity index (χ4v) is 1.97. The lowest BCUT2D eigenvalue weighted by Gasteiger charge is -2.12. The lowest BCUT2D eigenvalue weighted by Crippen LogP contribution is -2.37. The summed E-state index contributed by atoms with van der Waals surface area (Å²) in [6, 6.07) is 3.28. The molecular formula is C12H15Cl2N3OS. The first-order valence-corrected chi connectivity index (χ1v) is 6.88. The molecule has 0 amide bonds. The van der Waals surface area contributed by atoms with Gasteiger partial charge in [0.1, 0.15) is 5.75 Å². The molecule has 0 aromatic heterocycles. The Kier molecular flexibility index (Phi) is 6.34. The largest absolute Gasteiger partial charge is 0.506 e. The van der Waals surface area contributed by atoms with Crippen LogP contribution in [0.5, 0.6) is 5.75 Å². The van der Waals surface area contributed by atoms with E-state index in [2.05, 4.69) is 22.8 Å². The van der Waals surface area contributed by atoms with E-state index in [9.17, 15) is 5.11 Å². The summed E-state index contributed by atoms with van der Waals surface area (Å²) in [7, 11) is 0. The molecule has 0 fully saturated rings. The summed E-state index contributed by atoms with van der Waals surface area (Å²) in [5.41, 5.74) is 3.07. The Bertz CT molecular complexity index is 494. The third kappa shape index (κ3) is 5.22. The van der Waals surface area contributed by atoms with Gasteiger partial charge in [0.15, 0.2) is 5.11 Å². The molecule has 0 saturated carbocycles. The van der Waals surface area contributed by atoms with Crippen molar-refractivity contribution in [3.63, 3.8) is 0 Å². The number of hydrogen-bond acceptors (Lipinski definition) is 3. The lowest BCUT2D eigenvalue weighted by atomic mass is 10.2. The van der Waals surface area contributed by atoms with Crippen molar-refractivity contribution < 1.29 is 5.11 Å². The lowest BCUT2D eigenvalue weighted by molar-refractivity contribution is 0.474. The van der Waals surface area contributed by atoms with E-state index >= 15 is 0 Å². The summed E-state index contributed by atoms with van der Waals surface area (Å²) < 4.78 is 0. The third-order valence-electron chi connectivity index (χ3n) is 2.42. The van der Waals surface area contributed by atoms with Crippen LogP contribution < -0.4 is 10.7 Å². The predicted octanol–water partition coefficient (Wildman–Crippen LogP) is 3.30. The van der Waals surface area contributed by atoms with Gasteiger partial charge in [-0.15, -0.1) is 0 Å². The first-order chi connectivity index (χ1) is 8.93. The molecule has 0 aliphatic heterocycles. The highest BCUT2D eigenvalue weighted by Gasteiger charge is 2.06. The van der Waals surface area contributed by atoms with E-state index < -0.39 is 0 Å². The SMILES string of the molecule is CC[C@H](C)NC(=S)N/N=C/c1cc(Cl)cc(Cl)c1O. The molecule has 0 spiro atoms. The molecule has 19 heavy (non-hydrogen) atoms. The molecule has 0 bridgehead atoms. The van der Waals surface area contributed by atoms with E-state index in [1.54, 1.807) is 6.07 Å². The Morgan fingerprint density at radius 3 is 2.84 bits per heavy atom. The Balaban J connectivity index is 2.65. The molecule has 0 heterocycles. The highest BCUT2D eigenvalue weighted by molar-refractivity contribution is 7.80. The Labute approximate surface area is 127 Å². The summed E-state index contributed by atoms with van der Waals surface area (Å²) in [5.74, 6) is -0.0718. The molecule has 0 saturated heterocycles. The van der Waals surface area contributed by atoms with Gasteiger partial charge in [0.25, 0.3) is 0 Å². The number of thiocarbonyl (C=S) groups is 1. The zero-order chi connectivity index (χ0) is 14.4. The van der Waals surface area contributed by atoms with Crippen LogP contribution in [0.1, 0.15) is 25.8 Å². The monoisotopic (exact) mass is 319 g/mol. The fraction of sp³-hybridized carbons (Fsp3) is 0.333. The van der Waals surface area contributed by atoms with Crippen LogP contribution in [0.3, 0.4) is 0 Å². The number of nitrogens with zero attached hydrogens (tertiary/aromatic N) is 1. The average molecular weight is 320 g/mol. The molecule has 0 aliphatic carbocycles. The van der Waals surface area contributed by atoms with E-state index in [-0.39, 0.29) is 16.8 Å². The van der Waals surface area contributed by atoms with Crippen LogP contribution in [0.2, 0.25) is 10.0 Å². The van der Waals surface area contributed by atoms with Crippen molar-refractivity contribution in [3.05, 3.63) is 27.7 Å². The van der Waals surface area contributed by atoms with Crippen molar-refractivity contribution in [2.45, 2.75) is 26.3 Å². The quantitative estimate of drug-likeness (QED) is 0.453.